The van der Waals surface area contributed by atoms with Gasteiger partial charge in [-0.1, -0.05) is 0 Å². The summed E-state index contributed by atoms with van der Waals surface area (Å²) in [6.07, 6.45) is 3.74. The molecular weight excluding hydrogens is 182 g/mol. The number of methoxy groups -OCH3 is 1. The number of hydrogen-bond donors (Lipinski definition) is 1. The molecule has 0 amide bonds. The van der Waals surface area contributed by atoms with E-state index in [0.29, 0.717) is 19.0 Å². The fourth-order valence-electron chi connectivity index (χ4n) is 1.59. The standard InChI is InChI=1S/C10H19NO3/c1-13-10(12)4-6-11-9-3-2-7-14-8-5-9/h9,11H,2-8H2,1H3. The molecular formula is C10H19NO3. The Hall–Kier alpha value is -0.610. The highest BCUT2D eigenvalue weighted by Crippen LogP contribution is 2.07. The minimum atomic E-state index is -0.151. The van der Waals surface area contributed by atoms with Crippen molar-refractivity contribution in [1.29, 1.82) is 0 Å². The van der Waals surface area contributed by atoms with Crippen molar-refractivity contribution in [3.63, 3.8) is 0 Å². The van der Waals surface area contributed by atoms with Crippen LogP contribution in [0.2, 0.25) is 0 Å². The quantitative estimate of drug-likeness (QED) is 0.680. The average molecular weight is 201 g/mol. The summed E-state index contributed by atoms with van der Waals surface area (Å²) in [5, 5.41) is 3.35. The molecule has 1 atom stereocenters. The molecule has 0 spiro atoms. The molecule has 0 bridgehead atoms. The van der Waals surface area contributed by atoms with Crippen LogP contribution in [-0.2, 0) is 14.3 Å². The molecule has 1 aliphatic rings. The Labute approximate surface area is 85.0 Å². The van der Waals surface area contributed by atoms with E-state index in [-0.39, 0.29) is 5.97 Å². The summed E-state index contributed by atoms with van der Waals surface area (Å²) >= 11 is 0. The topological polar surface area (TPSA) is 47.6 Å². The van der Waals surface area contributed by atoms with Gasteiger partial charge in [0.15, 0.2) is 0 Å². The van der Waals surface area contributed by atoms with E-state index in [0.717, 1.165) is 32.5 Å². The largest absolute Gasteiger partial charge is 0.469 e. The third kappa shape index (κ3) is 4.58. The molecule has 0 saturated carbocycles. The van der Waals surface area contributed by atoms with Crippen LogP contribution >= 0.6 is 0 Å². The number of rotatable bonds is 4. The van der Waals surface area contributed by atoms with Crippen molar-refractivity contribution in [1.82, 2.24) is 5.32 Å². The Morgan fingerprint density at radius 1 is 1.50 bits per heavy atom. The van der Waals surface area contributed by atoms with Crippen molar-refractivity contribution in [2.24, 2.45) is 0 Å². The number of esters is 1. The Morgan fingerprint density at radius 2 is 2.36 bits per heavy atom. The highest BCUT2D eigenvalue weighted by molar-refractivity contribution is 5.69. The first-order valence-electron chi connectivity index (χ1n) is 5.21. The molecule has 1 fully saturated rings. The van der Waals surface area contributed by atoms with Crippen LogP contribution in [-0.4, -0.2) is 38.9 Å². The molecule has 1 aliphatic heterocycles. The van der Waals surface area contributed by atoms with E-state index in [2.05, 4.69) is 10.1 Å². The van der Waals surface area contributed by atoms with Crippen LogP contribution in [0.3, 0.4) is 0 Å². The average Bonchev–Trinajstić information content (AvgIpc) is 2.46. The fourth-order valence-corrected chi connectivity index (χ4v) is 1.59. The lowest BCUT2D eigenvalue weighted by atomic mass is 10.1. The van der Waals surface area contributed by atoms with E-state index in [1.54, 1.807) is 0 Å². The lowest BCUT2D eigenvalue weighted by Gasteiger charge is -2.14. The normalized spacial score (nSPS) is 22.8. The van der Waals surface area contributed by atoms with Gasteiger partial charge in [-0.3, -0.25) is 4.79 Å². The molecule has 1 rings (SSSR count). The fraction of sp³-hybridized carbons (Fsp3) is 0.900. The van der Waals surface area contributed by atoms with E-state index in [1.165, 1.54) is 7.11 Å². The van der Waals surface area contributed by atoms with Crippen LogP contribution in [0.5, 0.6) is 0 Å². The minimum Gasteiger partial charge on any atom is -0.469 e. The predicted octanol–water partition coefficient (Wildman–Crippen LogP) is 0.708. The van der Waals surface area contributed by atoms with Crippen molar-refractivity contribution >= 4 is 5.97 Å². The molecule has 0 aromatic heterocycles. The van der Waals surface area contributed by atoms with E-state index in [1.807, 2.05) is 0 Å². The highest BCUT2D eigenvalue weighted by atomic mass is 16.5. The van der Waals surface area contributed by atoms with Gasteiger partial charge in [0, 0.05) is 25.8 Å². The van der Waals surface area contributed by atoms with Crippen molar-refractivity contribution in [3.8, 4) is 0 Å². The third-order valence-electron chi connectivity index (χ3n) is 2.44. The molecule has 1 unspecified atom stereocenters. The van der Waals surface area contributed by atoms with Gasteiger partial charge in [-0.05, 0) is 19.3 Å². The third-order valence-corrected chi connectivity index (χ3v) is 2.44. The second-order valence-corrected chi connectivity index (χ2v) is 3.52. The summed E-state index contributed by atoms with van der Waals surface area (Å²) in [6.45, 7) is 2.41. The number of nitrogens with one attached hydrogen (secondary N) is 1. The monoisotopic (exact) mass is 201 g/mol. The zero-order valence-corrected chi connectivity index (χ0v) is 8.75. The van der Waals surface area contributed by atoms with Crippen LogP contribution in [0.1, 0.15) is 25.7 Å². The Morgan fingerprint density at radius 3 is 3.14 bits per heavy atom. The SMILES string of the molecule is COC(=O)CCNC1CCCOCC1. The molecule has 4 heteroatoms. The van der Waals surface area contributed by atoms with E-state index < -0.39 is 0 Å². The number of carbonyl (C=O) groups excluding carboxylic acids is 1. The second-order valence-electron chi connectivity index (χ2n) is 3.52. The molecule has 0 aromatic carbocycles. The summed E-state index contributed by atoms with van der Waals surface area (Å²) in [5.74, 6) is -0.151. The summed E-state index contributed by atoms with van der Waals surface area (Å²) in [6, 6.07) is 0.502. The molecule has 1 heterocycles. The van der Waals surface area contributed by atoms with Crippen LogP contribution in [0.15, 0.2) is 0 Å². The molecule has 82 valence electrons. The van der Waals surface area contributed by atoms with Crippen LogP contribution < -0.4 is 5.32 Å². The Bertz CT molecular complexity index is 165. The van der Waals surface area contributed by atoms with Crippen molar-refractivity contribution < 1.29 is 14.3 Å². The molecule has 0 aliphatic carbocycles. The maximum atomic E-state index is 10.8. The van der Waals surface area contributed by atoms with Gasteiger partial charge >= 0.3 is 5.97 Å². The molecule has 14 heavy (non-hydrogen) atoms. The summed E-state index contributed by atoms with van der Waals surface area (Å²) in [4.78, 5) is 10.8. The maximum Gasteiger partial charge on any atom is 0.306 e. The van der Waals surface area contributed by atoms with Gasteiger partial charge in [-0.15, -0.1) is 0 Å². The molecule has 1 saturated heterocycles. The van der Waals surface area contributed by atoms with Gasteiger partial charge in [0.05, 0.1) is 13.5 Å². The zero-order valence-electron chi connectivity index (χ0n) is 8.75. The molecule has 4 nitrogen and oxygen atoms in total. The number of ether oxygens (including phenoxy) is 2. The summed E-state index contributed by atoms with van der Waals surface area (Å²) in [5.41, 5.74) is 0. The van der Waals surface area contributed by atoms with E-state index in [4.69, 9.17) is 4.74 Å². The molecule has 0 aromatic rings. The predicted molar refractivity (Wildman–Crippen MR) is 53.1 cm³/mol. The van der Waals surface area contributed by atoms with Gasteiger partial charge in [-0.25, -0.2) is 0 Å². The first-order valence-corrected chi connectivity index (χ1v) is 5.21. The number of hydrogen-bond acceptors (Lipinski definition) is 4. The smallest absolute Gasteiger partial charge is 0.306 e. The Kier molecular flexibility index (Phi) is 5.56. The summed E-state index contributed by atoms with van der Waals surface area (Å²) < 4.78 is 9.90. The second kappa shape index (κ2) is 6.79. The lowest BCUT2D eigenvalue weighted by molar-refractivity contribution is -0.140. The minimum absolute atomic E-state index is 0.151. The molecule has 1 N–H and O–H groups in total. The van der Waals surface area contributed by atoms with Crippen molar-refractivity contribution in [3.05, 3.63) is 0 Å². The van der Waals surface area contributed by atoms with E-state index in [9.17, 15) is 4.79 Å². The lowest BCUT2D eigenvalue weighted by Crippen LogP contribution is -2.31. The first kappa shape index (κ1) is 11.5. The number of carbonyl (C=O) groups is 1. The zero-order chi connectivity index (χ0) is 10.2. The maximum absolute atomic E-state index is 10.8. The van der Waals surface area contributed by atoms with Crippen LogP contribution in [0.4, 0.5) is 0 Å². The van der Waals surface area contributed by atoms with Crippen LogP contribution in [0, 0.1) is 0 Å². The van der Waals surface area contributed by atoms with Crippen molar-refractivity contribution in [2.45, 2.75) is 31.7 Å². The highest BCUT2D eigenvalue weighted by Gasteiger charge is 2.11. The first-order chi connectivity index (χ1) is 6.83. The van der Waals surface area contributed by atoms with Gasteiger partial charge in [0.2, 0.25) is 0 Å². The summed E-state index contributed by atoms with van der Waals surface area (Å²) in [7, 11) is 1.42. The van der Waals surface area contributed by atoms with Gasteiger partial charge in [-0.2, -0.15) is 0 Å². The van der Waals surface area contributed by atoms with Gasteiger partial charge in [0.1, 0.15) is 0 Å². The van der Waals surface area contributed by atoms with Crippen LogP contribution in [0.25, 0.3) is 0 Å². The van der Waals surface area contributed by atoms with Crippen molar-refractivity contribution in [2.75, 3.05) is 26.9 Å². The molecule has 0 radical (unpaired) electrons. The van der Waals surface area contributed by atoms with E-state index >= 15 is 0 Å². The Balaban J connectivity index is 2.07. The van der Waals surface area contributed by atoms with Gasteiger partial charge < -0.3 is 14.8 Å². The van der Waals surface area contributed by atoms with Gasteiger partial charge in [0.25, 0.3) is 0 Å².